The number of hydrogen-bond acceptors (Lipinski definition) is 1. The highest BCUT2D eigenvalue weighted by Crippen LogP contribution is 2.39. The molecule has 2 aliphatic rings. The molecule has 0 aromatic heterocycles. The maximum absolute atomic E-state index is 2.71. The Morgan fingerprint density at radius 1 is 0.957 bits per heavy atom. The van der Waals surface area contributed by atoms with Crippen LogP contribution < -0.4 is 0 Å². The largest absolute Gasteiger partial charge is 0.289 e. The SMILES string of the molecule is CCc1cccc(C2=CC3CCC(C2)N3Cc2ccccc2)c1. The third-order valence-corrected chi connectivity index (χ3v) is 5.45. The molecule has 0 spiro atoms. The van der Waals surface area contributed by atoms with Crippen LogP contribution in [0.3, 0.4) is 0 Å². The Balaban J connectivity index is 1.56. The highest BCUT2D eigenvalue weighted by molar-refractivity contribution is 5.68. The molecule has 1 nitrogen and oxygen atoms in total. The van der Waals surface area contributed by atoms with Gasteiger partial charge in [-0.05, 0) is 47.9 Å². The summed E-state index contributed by atoms with van der Waals surface area (Å²) in [5, 5.41) is 0. The molecule has 118 valence electrons. The van der Waals surface area contributed by atoms with Gasteiger partial charge in [-0.3, -0.25) is 4.90 Å². The van der Waals surface area contributed by atoms with E-state index in [0.717, 1.165) is 13.0 Å². The Morgan fingerprint density at radius 3 is 2.57 bits per heavy atom. The van der Waals surface area contributed by atoms with Crippen molar-refractivity contribution in [3.05, 3.63) is 77.4 Å². The molecule has 2 bridgehead atoms. The van der Waals surface area contributed by atoms with Gasteiger partial charge < -0.3 is 0 Å². The lowest BCUT2D eigenvalue weighted by molar-refractivity contribution is 0.203. The average Bonchev–Trinajstić information content (AvgIpc) is 2.84. The minimum Gasteiger partial charge on any atom is -0.289 e. The van der Waals surface area contributed by atoms with Gasteiger partial charge >= 0.3 is 0 Å². The van der Waals surface area contributed by atoms with Crippen LogP contribution in [-0.2, 0) is 13.0 Å². The lowest BCUT2D eigenvalue weighted by Crippen LogP contribution is -2.37. The predicted molar refractivity (Wildman–Crippen MR) is 97.2 cm³/mol. The molecule has 2 atom stereocenters. The molecular formula is C22H25N. The molecule has 0 aliphatic carbocycles. The summed E-state index contributed by atoms with van der Waals surface area (Å²) in [6.07, 6.45) is 7.52. The Kier molecular flexibility index (Phi) is 4.05. The lowest BCUT2D eigenvalue weighted by atomic mass is 9.93. The number of nitrogens with zero attached hydrogens (tertiary/aromatic N) is 1. The highest BCUT2D eigenvalue weighted by atomic mass is 15.2. The smallest absolute Gasteiger partial charge is 0.0291 e. The minimum atomic E-state index is 0.620. The molecule has 2 aliphatic heterocycles. The molecule has 0 saturated carbocycles. The van der Waals surface area contributed by atoms with Crippen LogP contribution in [0, 0.1) is 0 Å². The van der Waals surface area contributed by atoms with Crippen LogP contribution in [0.15, 0.2) is 60.7 Å². The zero-order valence-electron chi connectivity index (χ0n) is 13.9. The molecule has 1 heteroatoms. The molecule has 4 rings (SSSR count). The molecule has 0 amide bonds. The van der Waals surface area contributed by atoms with E-state index >= 15 is 0 Å². The summed E-state index contributed by atoms with van der Waals surface area (Å²) in [6.45, 7) is 3.33. The van der Waals surface area contributed by atoms with Crippen LogP contribution in [0.1, 0.15) is 42.9 Å². The van der Waals surface area contributed by atoms with Crippen LogP contribution >= 0.6 is 0 Å². The van der Waals surface area contributed by atoms with Crippen molar-refractivity contribution < 1.29 is 0 Å². The molecule has 2 aromatic rings. The Morgan fingerprint density at radius 2 is 1.78 bits per heavy atom. The van der Waals surface area contributed by atoms with Crippen molar-refractivity contribution >= 4 is 5.57 Å². The first-order valence-corrected chi connectivity index (χ1v) is 8.93. The summed E-state index contributed by atoms with van der Waals surface area (Å²) < 4.78 is 0. The van der Waals surface area contributed by atoms with Gasteiger partial charge in [-0.25, -0.2) is 0 Å². The highest BCUT2D eigenvalue weighted by Gasteiger charge is 2.36. The molecular weight excluding hydrogens is 278 g/mol. The number of hydrogen-bond donors (Lipinski definition) is 0. The fourth-order valence-electron chi connectivity index (χ4n) is 4.16. The monoisotopic (exact) mass is 303 g/mol. The number of rotatable bonds is 4. The zero-order chi connectivity index (χ0) is 15.6. The van der Waals surface area contributed by atoms with Crippen molar-refractivity contribution in [1.29, 1.82) is 0 Å². The third-order valence-electron chi connectivity index (χ3n) is 5.45. The van der Waals surface area contributed by atoms with Gasteiger partial charge in [-0.2, -0.15) is 0 Å². The van der Waals surface area contributed by atoms with Crippen molar-refractivity contribution in [2.24, 2.45) is 0 Å². The van der Waals surface area contributed by atoms with E-state index in [9.17, 15) is 0 Å². The summed E-state index contributed by atoms with van der Waals surface area (Å²) in [6, 6.07) is 21.4. The van der Waals surface area contributed by atoms with Gasteiger partial charge in [0, 0.05) is 18.6 Å². The fourth-order valence-corrected chi connectivity index (χ4v) is 4.16. The van der Waals surface area contributed by atoms with Crippen LogP contribution in [0.2, 0.25) is 0 Å². The van der Waals surface area contributed by atoms with Gasteiger partial charge in [0.25, 0.3) is 0 Å². The molecule has 2 unspecified atom stereocenters. The summed E-state index contributed by atoms with van der Waals surface area (Å²) in [7, 11) is 0. The van der Waals surface area contributed by atoms with Crippen molar-refractivity contribution in [3.8, 4) is 0 Å². The molecule has 1 saturated heterocycles. The van der Waals surface area contributed by atoms with Crippen molar-refractivity contribution in [1.82, 2.24) is 4.90 Å². The quantitative estimate of drug-likeness (QED) is 0.762. The van der Waals surface area contributed by atoms with E-state index in [0.29, 0.717) is 12.1 Å². The van der Waals surface area contributed by atoms with Gasteiger partial charge in [0.15, 0.2) is 0 Å². The number of fused-ring (bicyclic) bond motifs is 2. The summed E-state index contributed by atoms with van der Waals surface area (Å²) >= 11 is 0. The molecule has 2 heterocycles. The van der Waals surface area contributed by atoms with Gasteiger partial charge in [-0.15, -0.1) is 0 Å². The maximum atomic E-state index is 2.71. The number of aryl methyl sites for hydroxylation is 1. The van der Waals surface area contributed by atoms with E-state index < -0.39 is 0 Å². The predicted octanol–water partition coefficient (Wildman–Crippen LogP) is 5.07. The zero-order valence-corrected chi connectivity index (χ0v) is 13.9. The van der Waals surface area contributed by atoms with E-state index in [1.807, 2.05) is 0 Å². The molecule has 0 N–H and O–H groups in total. The maximum Gasteiger partial charge on any atom is 0.0291 e. The second-order valence-corrected chi connectivity index (χ2v) is 6.91. The summed E-state index contributed by atoms with van der Waals surface area (Å²) in [5.41, 5.74) is 5.90. The molecule has 0 radical (unpaired) electrons. The second kappa shape index (κ2) is 6.33. The third kappa shape index (κ3) is 2.98. The molecule has 2 aromatic carbocycles. The van der Waals surface area contributed by atoms with E-state index in [1.54, 1.807) is 5.57 Å². The average molecular weight is 303 g/mol. The Bertz CT molecular complexity index is 701. The summed E-state index contributed by atoms with van der Waals surface area (Å²) in [5.74, 6) is 0. The first kappa shape index (κ1) is 14.7. The Labute approximate surface area is 139 Å². The van der Waals surface area contributed by atoms with Crippen molar-refractivity contribution in [2.45, 2.75) is 51.2 Å². The standard InChI is InChI=1S/C22H25N/c1-2-17-9-6-10-19(13-17)20-14-21-11-12-22(15-20)23(21)16-18-7-4-3-5-8-18/h3-10,13-14,21-22H,2,11-12,15-16H2,1H3. The van der Waals surface area contributed by atoms with Crippen LogP contribution in [-0.4, -0.2) is 17.0 Å². The first-order valence-electron chi connectivity index (χ1n) is 8.93. The van der Waals surface area contributed by atoms with Crippen molar-refractivity contribution in [3.63, 3.8) is 0 Å². The molecule has 1 fully saturated rings. The topological polar surface area (TPSA) is 3.24 Å². The molecule has 23 heavy (non-hydrogen) atoms. The van der Waals surface area contributed by atoms with Crippen LogP contribution in [0.4, 0.5) is 0 Å². The van der Waals surface area contributed by atoms with E-state index in [1.165, 1.54) is 36.0 Å². The second-order valence-electron chi connectivity index (χ2n) is 6.91. The van der Waals surface area contributed by atoms with Crippen LogP contribution in [0.5, 0.6) is 0 Å². The van der Waals surface area contributed by atoms with E-state index in [4.69, 9.17) is 0 Å². The Hall–Kier alpha value is -1.86. The lowest BCUT2D eigenvalue weighted by Gasteiger charge is -2.34. The van der Waals surface area contributed by atoms with Crippen molar-refractivity contribution in [2.75, 3.05) is 0 Å². The minimum absolute atomic E-state index is 0.620. The normalized spacial score (nSPS) is 23.8. The van der Waals surface area contributed by atoms with E-state index in [-0.39, 0.29) is 0 Å². The van der Waals surface area contributed by atoms with E-state index in [2.05, 4.69) is 72.5 Å². The summed E-state index contributed by atoms with van der Waals surface area (Å²) in [4.78, 5) is 2.71. The van der Waals surface area contributed by atoms with Gasteiger partial charge in [0.1, 0.15) is 0 Å². The number of benzene rings is 2. The van der Waals surface area contributed by atoms with Gasteiger partial charge in [0.2, 0.25) is 0 Å². The van der Waals surface area contributed by atoms with Gasteiger partial charge in [-0.1, -0.05) is 67.6 Å². The van der Waals surface area contributed by atoms with Gasteiger partial charge in [0.05, 0.1) is 0 Å². The van der Waals surface area contributed by atoms with Crippen LogP contribution in [0.25, 0.3) is 5.57 Å². The first-order chi connectivity index (χ1) is 11.3. The fraction of sp³-hybridized carbons (Fsp3) is 0.364.